The molecule has 8 heteroatoms. The molecule has 7 nitrogen and oxygen atoms in total. The zero-order valence-electron chi connectivity index (χ0n) is 16.8. The lowest BCUT2D eigenvalue weighted by Gasteiger charge is -2.10. The highest BCUT2D eigenvalue weighted by Crippen LogP contribution is 2.14. The van der Waals surface area contributed by atoms with Crippen LogP contribution in [-0.2, 0) is 24.5 Å². The van der Waals surface area contributed by atoms with Crippen LogP contribution >= 0.6 is 0 Å². The lowest BCUT2D eigenvalue weighted by molar-refractivity contribution is -0.120. The van der Waals surface area contributed by atoms with Crippen LogP contribution in [-0.4, -0.2) is 23.5 Å². The Kier molecular flexibility index (Phi) is 7.93. The number of amides is 3. The number of pyridine rings is 1. The van der Waals surface area contributed by atoms with E-state index in [1.807, 2.05) is 42.5 Å². The number of carbonyl (C=O) groups excluding carboxylic acids is 2. The van der Waals surface area contributed by atoms with Crippen LogP contribution < -0.4 is 20.7 Å². The molecule has 3 amide bonds. The first-order valence-electron chi connectivity index (χ1n) is 9.73. The second-order valence-corrected chi connectivity index (χ2v) is 6.70. The Morgan fingerprint density at radius 2 is 1.68 bits per heavy atom. The molecule has 1 aromatic heterocycles. The molecule has 0 bridgehead atoms. The number of nitrogens with zero attached hydrogens (tertiary/aromatic N) is 1. The number of hydrogen-bond acceptors (Lipinski definition) is 4. The summed E-state index contributed by atoms with van der Waals surface area (Å²) in [5.41, 5.74) is 2.45. The number of benzene rings is 2. The fourth-order valence-electron chi connectivity index (χ4n) is 2.66. The molecule has 3 aromatic rings. The Morgan fingerprint density at radius 1 is 0.871 bits per heavy atom. The Morgan fingerprint density at radius 3 is 2.45 bits per heavy atom. The molecule has 0 saturated heterocycles. The maximum Gasteiger partial charge on any atom is 0.315 e. The molecule has 0 spiro atoms. The zero-order valence-corrected chi connectivity index (χ0v) is 16.8. The van der Waals surface area contributed by atoms with Gasteiger partial charge in [0.05, 0.1) is 12.2 Å². The van der Waals surface area contributed by atoms with Crippen LogP contribution in [0.3, 0.4) is 0 Å². The van der Waals surface area contributed by atoms with Gasteiger partial charge in [-0.25, -0.2) is 9.18 Å². The van der Waals surface area contributed by atoms with Crippen LogP contribution in [0.4, 0.5) is 9.18 Å². The van der Waals surface area contributed by atoms with Crippen molar-refractivity contribution in [3.05, 3.63) is 95.6 Å². The fourth-order valence-corrected chi connectivity index (χ4v) is 2.66. The van der Waals surface area contributed by atoms with Gasteiger partial charge in [0.15, 0.2) is 0 Å². The highest BCUT2D eigenvalue weighted by Gasteiger charge is 2.06. The quantitative estimate of drug-likeness (QED) is 0.494. The van der Waals surface area contributed by atoms with E-state index in [1.165, 1.54) is 12.1 Å². The number of nitrogens with one attached hydrogen (secondary N) is 3. The standard InChI is InChI=1S/C23H23FN4O3/c24-19-9-7-17(8-10-19)13-27-23(30)28-15-22(29)26-14-18-4-3-6-21(12-18)31-16-20-5-1-2-11-25-20/h1-12H,13-16H2,(H,26,29)(H2,27,28,30). The Labute approximate surface area is 179 Å². The molecule has 0 aliphatic carbocycles. The first kappa shape index (κ1) is 21.8. The SMILES string of the molecule is O=C(CNC(=O)NCc1ccc(F)cc1)NCc1cccc(OCc2ccccn2)c1. The van der Waals surface area contributed by atoms with E-state index in [1.54, 1.807) is 18.3 Å². The van der Waals surface area contributed by atoms with Crippen molar-refractivity contribution in [2.75, 3.05) is 6.54 Å². The van der Waals surface area contributed by atoms with Crippen LogP contribution in [0.25, 0.3) is 0 Å². The van der Waals surface area contributed by atoms with Crippen LogP contribution in [0.5, 0.6) is 5.75 Å². The van der Waals surface area contributed by atoms with Gasteiger partial charge in [-0.05, 0) is 47.5 Å². The molecule has 31 heavy (non-hydrogen) atoms. The average Bonchev–Trinajstić information content (AvgIpc) is 2.80. The van der Waals surface area contributed by atoms with Gasteiger partial charge in [0, 0.05) is 19.3 Å². The average molecular weight is 422 g/mol. The molecule has 160 valence electrons. The van der Waals surface area contributed by atoms with Crippen LogP contribution in [0.2, 0.25) is 0 Å². The van der Waals surface area contributed by atoms with Gasteiger partial charge in [0.25, 0.3) is 0 Å². The fraction of sp³-hybridized carbons (Fsp3) is 0.174. The molecular formula is C23H23FN4O3. The number of rotatable bonds is 9. The summed E-state index contributed by atoms with van der Waals surface area (Å²) in [6.45, 7) is 0.732. The minimum atomic E-state index is -0.482. The lowest BCUT2D eigenvalue weighted by atomic mass is 10.2. The van der Waals surface area contributed by atoms with Crippen molar-refractivity contribution in [1.29, 1.82) is 0 Å². The van der Waals surface area contributed by atoms with Crippen LogP contribution in [0, 0.1) is 5.82 Å². The van der Waals surface area contributed by atoms with Crippen molar-refractivity contribution in [2.45, 2.75) is 19.7 Å². The van der Waals surface area contributed by atoms with Gasteiger partial charge in [-0.15, -0.1) is 0 Å². The number of aromatic nitrogens is 1. The first-order chi connectivity index (χ1) is 15.1. The number of urea groups is 1. The lowest BCUT2D eigenvalue weighted by Crippen LogP contribution is -2.41. The van der Waals surface area contributed by atoms with E-state index >= 15 is 0 Å². The molecule has 0 saturated carbocycles. The van der Waals surface area contributed by atoms with Crippen molar-refractivity contribution in [3.63, 3.8) is 0 Å². The van der Waals surface area contributed by atoms with Crippen molar-refractivity contribution >= 4 is 11.9 Å². The van der Waals surface area contributed by atoms with Gasteiger partial charge in [0.2, 0.25) is 5.91 Å². The van der Waals surface area contributed by atoms with Gasteiger partial charge >= 0.3 is 6.03 Å². The Bertz CT molecular complexity index is 997. The van der Waals surface area contributed by atoms with E-state index in [9.17, 15) is 14.0 Å². The third-order valence-corrected chi connectivity index (χ3v) is 4.28. The van der Waals surface area contributed by atoms with E-state index in [4.69, 9.17) is 4.74 Å². The van der Waals surface area contributed by atoms with Crippen molar-refractivity contribution in [2.24, 2.45) is 0 Å². The summed E-state index contributed by atoms with van der Waals surface area (Å²) < 4.78 is 18.6. The van der Waals surface area contributed by atoms with Gasteiger partial charge in [-0.3, -0.25) is 9.78 Å². The summed E-state index contributed by atoms with van der Waals surface area (Å²) in [5.74, 6) is 0.0163. The summed E-state index contributed by atoms with van der Waals surface area (Å²) in [6.07, 6.45) is 1.71. The zero-order chi connectivity index (χ0) is 21.9. The molecule has 1 heterocycles. The monoisotopic (exact) mass is 422 g/mol. The second kappa shape index (κ2) is 11.3. The Balaban J connectivity index is 1.36. The van der Waals surface area contributed by atoms with E-state index in [-0.39, 0.29) is 24.8 Å². The number of halogens is 1. The summed E-state index contributed by atoms with van der Waals surface area (Å²) in [6, 6.07) is 18.3. The number of carbonyl (C=O) groups is 2. The molecule has 0 fully saturated rings. The highest BCUT2D eigenvalue weighted by molar-refractivity contribution is 5.83. The molecule has 3 rings (SSSR count). The summed E-state index contributed by atoms with van der Waals surface area (Å²) in [4.78, 5) is 28.0. The van der Waals surface area contributed by atoms with Crippen LogP contribution in [0.15, 0.2) is 72.9 Å². The third-order valence-electron chi connectivity index (χ3n) is 4.28. The molecule has 3 N–H and O–H groups in total. The molecule has 0 radical (unpaired) electrons. The van der Waals surface area contributed by atoms with Crippen molar-refractivity contribution in [1.82, 2.24) is 20.9 Å². The minimum Gasteiger partial charge on any atom is -0.487 e. The van der Waals surface area contributed by atoms with Crippen molar-refractivity contribution in [3.8, 4) is 5.75 Å². The molecule has 0 aliphatic heterocycles. The van der Waals surface area contributed by atoms with Crippen molar-refractivity contribution < 1.29 is 18.7 Å². The van der Waals surface area contributed by atoms with Gasteiger partial charge < -0.3 is 20.7 Å². The molecule has 0 unspecified atom stereocenters. The first-order valence-corrected chi connectivity index (χ1v) is 9.73. The van der Waals surface area contributed by atoms with E-state index in [0.717, 1.165) is 16.8 Å². The molecule has 0 aliphatic rings. The maximum absolute atomic E-state index is 12.9. The smallest absolute Gasteiger partial charge is 0.315 e. The van der Waals surface area contributed by atoms with E-state index < -0.39 is 6.03 Å². The van der Waals surface area contributed by atoms with Gasteiger partial charge in [-0.1, -0.05) is 30.3 Å². The molecule has 0 atom stereocenters. The van der Waals surface area contributed by atoms with Gasteiger partial charge in [0.1, 0.15) is 18.2 Å². The van der Waals surface area contributed by atoms with E-state index in [0.29, 0.717) is 18.9 Å². The number of hydrogen-bond donors (Lipinski definition) is 3. The van der Waals surface area contributed by atoms with E-state index in [2.05, 4.69) is 20.9 Å². The summed E-state index contributed by atoms with van der Waals surface area (Å²) in [5, 5.41) is 7.84. The minimum absolute atomic E-state index is 0.162. The summed E-state index contributed by atoms with van der Waals surface area (Å²) in [7, 11) is 0. The predicted octanol–water partition coefficient (Wildman–Crippen LogP) is 2.92. The van der Waals surface area contributed by atoms with Crippen LogP contribution in [0.1, 0.15) is 16.8 Å². The largest absolute Gasteiger partial charge is 0.487 e. The maximum atomic E-state index is 12.9. The van der Waals surface area contributed by atoms with Gasteiger partial charge in [-0.2, -0.15) is 0 Å². The molecule has 2 aromatic carbocycles. The molecular weight excluding hydrogens is 399 g/mol. The normalized spacial score (nSPS) is 10.2. The second-order valence-electron chi connectivity index (χ2n) is 6.70. The summed E-state index contributed by atoms with van der Waals surface area (Å²) >= 11 is 0. The highest BCUT2D eigenvalue weighted by atomic mass is 19.1. The number of ether oxygens (including phenoxy) is 1. The third kappa shape index (κ3) is 7.77. The predicted molar refractivity (Wildman–Crippen MR) is 113 cm³/mol. The topological polar surface area (TPSA) is 92.4 Å². The Hall–Kier alpha value is -3.94.